The van der Waals surface area contributed by atoms with Gasteiger partial charge in [-0.3, -0.25) is 4.79 Å². The number of carbonyl (C=O) groups excluding carboxylic acids is 2. The summed E-state index contributed by atoms with van der Waals surface area (Å²) in [5.41, 5.74) is -0.0974. The first kappa shape index (κ1) is 23.0. The van der Waals surface area contributed by atoms with Gasteiger partial charge in [0.2, 0.25) is 5.91 Å². The molecule has 0 aliphatic rings. The molecule has 0 heterocycles. The van der Waals surface area contributed by atoms with Gasteiger partial charge in [-0.2, -0.15) is 0 Å². The number of amides is 1. The minimum atomic E-state index is -1.31. The van der Waals surface area contributed by atoms with Crippen molar-refractivity contribution in [2.75, 3.05) is 0 Å². The molecule has 0 unspecified atom stereocenters. The molecule has 0 radical (unpaired) electrons. The molecule has 0 saturated heterocycles. The van der Waals surface area contributed by atoms with Gasteiger partial charge < -0.3 is 15.2 Å². The number of hydrogen-bond donors (Lipinski definition) is 1. The molecule has 0 spiro atoms. The first-order valence-corrected chi connectivity index (χ1v) is 7.83. The van der Waals surface area contributed by atoms with Crippen molar-refractivity contribution in [3.05, 3.63) is 11.8 Å². The topological polar surface area (TPSA) is 69.2 Å². The number of unbranched alkanes of at least 4 members (excludes halogenated alkanes) is 7. The van der Waals surface area contributed by atoms with Gasteiger partial charge in [-0.25, -0.2) is 0 Å². The van der Waals surface area contributed by atoms with Gasteiger partial charge in [0.05, 0.1) is 11.7 Å². The number of carboxylic acids is 1. The van der Waals surface area contributed by atoms with Gasteiger partial charge in [0.1, 0.15) is 0 Å². The Kier molecular flexibility index (Phi) is 17.6. The summed E-state index contributed by atoms with van der Waals surface area (Å²) in [4.78, 5) is 22.4. The van der Waals surface area contributed by atoms with Gasteiger partial charge in [0.15, 0.2) is 0 Å². The van der Waals surface area contributed by atoms with Crippen molar-refractivity contribution in [1.82, 2.24) is 5.32 Å². The second-order valence-electron chi connectivity index (χ2n) is 5.11. The average molecular weight is 305 g/mol. The van der Waals surface area contributed by atoms with Crippen molar-refractivity contribution in [3.63, 3.8) is 0 Å². The monoisotopic (exact) mass is 305 g/mol. The second-order valence-corrected chi connectivity index (χ2v) is 5.11. The molecular weight excluding hydrogens is 277 g/mol. The smallest absolute Gasteiger partial charge is 0.543 e. The number of carboxylic acid groups (broad SMARTS) is 1. The third kappa shape index (κ3) is 14.4. The van der Waals surface area contributed by atoms with E-state index in [2.05, 4.69) is 12.2 Å². The number of nitrogens with one attached hydrogen (secondary N) is 1. The summed E-state index contributed by atoms with van der Waals surface area (Å²) in [6.07, 6.45) is 11.3. The van der Waals surface area contributed by atoms with Crippen molar-refractivity contribution in [2.45, 2.75) is 78.1 Å². The van der Waals surface area contributed by atoms with E-state index in [0.29, 0.717) is 12.8 Å². The third-order valence-corrected chi connectivity index (χ3v) is 3.14. The zero-order chi connectivity index (χ0) is 15.2. The van der Waals surface area contributed by atoms with Crippen LogP contribution in [0.5, 0.6) is 0 Å². The molecular formula is C16H28NNaO3. The van der Waals surface area contributed by atoms with Crippen LogP contribution in [0.15, 0.2) is 11.8 Å². The molecule has 0 bridgehead atoms. The molecule has 0 aliphatic carbocycles. The van der Waals surface area contributed by atoms with Crippen LogP contribution in [0.1, 0.15) is 78.1 Å². The van der Waals surface area contributed by atoms with Gasteiger partial charge in [0, 0.05) is 6.42 Å². The first-order chi connectivity index (χ1) is 9.61. The van der Waals surface area contributed by atoms with E-state index in [0.717, 1.165) is 25.7 Å². The maximum atomic E-state index is 11.6. The van der Waals surface area contributed by atoms with E-state index in [-0.39, 0.29) is 41.2 Å². The van der Waals surface area contributed by atoms with Gasteiger partial charge in [0.25, 0.3) is 0 Å². The predicted molar refractivity (Wildman–Crippen MR) is 78.8 cm³/mol. The molecule has 116 valence electrons. The van der Waals surface area contributed by atoms with E-state index >= 15 is 0 Å². The van der Waals surface area contributed by atoms with Gasteiger partial charge in [-0.1, -0.05) is 64.9 Å². The molecule has 0 fully saturated rings. The Morgan fingerprint density at radius 3 is 2.05 bits per heavy atom. The van der Waals surface area contributed by atoms with Crippen LogP contribution in [0, 0.1) is 0 Å². The Balaban J connectivity index is 0. The molecule has 0 rings (SSSR count). The van der Waals surface area contributed by atoms with Crippen LogP contribution in [0.25, 0.3) is 0 Å². The summed E-state index contributed by atoms with van der Waals surface area (Å²) >= 11 is 0. The molecule has 0 aromatic heterocycles. The molecule has 5 heteroatoms. The number of hydrogen-bond acceptors (Lipinski definition) is 3. The fourth-order valence-corrected chi connectivity index (χ4v) is 1.93. The predicted octanol–water partition coefficient (Wildman–Crippen LogP) is -0.319. The van der Waals surface area contributed by atoms with E-state index < -0.39 is 5.97 Å². The molecule has 0 aliphatic heterocycles. The van der Waals surface area contributed by atoms with Crippen molar-refractivity contribution in [2.24, 2.45) is 0 Å². The second kappa shape index (κ2) is 16.1. The molecule has 0 atom stereocenters. The molecule has 0 aromatic carbocycles. The standard InChI is InChI=1S/C16H29NO3.Na/c1-3-5-7-8-9-10-11-13-15(18)17-14(16(19)20)12-6-4-2;/h12H,3-11,13H2,1-2H3,(H,17,18)(H,19,20);/q;+1/p-1. The SMILES string of the molecule is CCCC=C(NC(=O)CCCCCCCCC)C(=O)[O-].[Na+]. The van der Waals surface area contributed by atoms with Crippen molar-refractivity contribution >= 4 is 11.9 Å². The van der Waals surface area contributed by atoms with E-state index in [1.807, 2.05) is 6.92 Å². The summed E-state index contributed by atoms with van der Waals surface area (Å²) in [6.45, 7) is 4.13. The summed E-state index contributed by atoms with van der Waals surface area (Å²) in [6, 6.07) is 0. The van der Waals surface area contributed by atoms with Crippen LogP contribution in [-0.4, -0.2) is 11.9 Å². The molecule has 4 nitrogen and oxygen atoms in total. The summed E-state index contributed by atoms with van der Waals surface area (Å²) in [5, 5.41) is 13.2. The largest absolute Gasteiger partial charge is 1.00 e. The Bertz CT molecular complexity index is 317. The fourth-order valence-electron chi connectivity index (χ4n) is 1.93. The summed E-state index contributed by atoms with van der Waals surface area (Å²) < 4.78 is 0. The van der Waals surface area contributed by atoms with Crippen LogP contribution in [0.4, 0.5) is 0 Å². The van der Waals surface area contributed by atoms with Crippen LogP contribution < -0.4 is 40.0 Å². The average Bonchev–Trinajstić information content (AvgIpc) is 2.42. The third-order valence-electron chi connectivity index (χ3n) is 3.14. The quantitative estimate of drug-likeness (QED) is 0.305. The molecule has 1 N–H and O–H groups in total. The van der Waals surface area contributed by atoms with Gasteiger partial charge in [-0.15, -0.1) is 0 Å². The minimum Gasteiger partial charge on any atom is -0.543 e. The van der Waals surface area contributed by atoms with E-state index in [9.17, 15) is 14.7 Å². The summed E-state index contributed by atoms with van der Waals surface area (Å²) in [5.74, 6) is -1.54. The van der Waals surface area contributed by atoms with Gasteiger partial charge >= 0.3 is 29.6 Å². The number of carbonyl (C=O) groups is 2. The zero-order valence-corrected chi connectivity index (χ0v) is 15.9. The van der Waals surface area contributed by atoms with E-state index in [4.69, 9.17) is 0 Å². The Morgan fingerprint density at radius 1 is 0.952 bits per heavy atom. The zero-order valence-electron chi connectivity index (χ0n) is 13.9. The van der Waals surface area contributed by atoms with Crippen molar-refractivity contribution in [1.29, 1.82) is 0 Å². The fraction of sp³-hybridized carbons (Fsp3) is 0.750. The van der Waals surface area contributed by atoms with Crippen LogP contribution in [0.2, 0.25) is 0 Å². The number of aliphatic carboxylic acids is 1. The first-order valence-electron chi connectivity index (χ1n) is 7.83. The Labute approximate surface area is 151 Å². The molecule has 0 aromatic rings. The van der Waals surface area contributed by atoms with Crippen LogP contribution in [-0.2, 0) is 9.59 Å². The number of allylic oxidation sites excluding steroid dienone is 1. The van der Waals surface area contributed by atoms with Crippen LogP contribution in [0.3, 0.4) is 0 Å². The molecule has 21 heavy (non-hydrogen) atoms. The number of rotatable bonds is 12. The Morgan fingerprint density at radius 2 is 1.52 bits per heavy atom. The molecule has 0 saturated carbocycles. The van der Waals surface area contributed by atoms with E-state index in [1.54, 1.807) is 0 Å². The van der Waals surface area contributed by atoms with E-state index in [1.165, 1.54) is 31.8 Å². The van der Waals surface area contributed by atoms with Gasteiger partial charge in [-0.05, 0) is 12.8 Å². The van der Waals surface area contributed by atoms with Crippen LogP contribution >= 0.6 is 0 Å². The van der Waals surface area contributed by atoms with Crippen molar-refractivity contribution < 1.29 is 44.3 Å². The Hall–Kier alpha value is -0.320. The summed E-state index contributed by atoms with van der Waals surface area (Å²) in [7, 11) is 0. The molecule has 1 amide bonds. The normalized spacial score (nSPS) is 10.9. The maximum Gasteiger partial charge on any atom is 1.00 e. The van der Waals surface area contributed by atoms with Crippen molar-refractivity contribution in [3.8, 4) is 0 Å². The minimum absolute atomic E-state index is 0. The maximum absolute atomic E-state index is 11.6.